The zero-order valence-corrected chi connectivity index (χ0v) is 11.1. The van der Waals surface area contributed by atoms with E-state index in [0.717, 1.165) is 16.7 Å². The molecule has 2 aromatic carbocycles. The minimum atomic E-state index is -0.303. The van der Waals surface area contributed by atoms with Crippen molar-refractivity contribution in [3.8, 4) is 0 Å². The van der Waals surface area contributed by atoms with Crippen molar-refractivity contribution in [3.05, 3.63) is 77.4 Å². The van der Waals surface area contributed by atoms with Gasteiger partial charge in [-0.1, -0.05) is 60.7 Å². The van der Waals surface area contributed by atoms with Gasteiger partial charge >= 0.3 is 5.97 Å². The van der Waals surface area contributed by atoms with Crippen LogP contribution in [0.1, 0.15) is 18.1 Å². The second kappa shape index (κ2) is 6.01. The topological polar surface area (TPSA) is 26.3 Å². The molecule has 19 heavy (non-hydrogen) atoms. The Bertz CT molecular complexity index is 542. The highest BCUT2D eigenvalue weighted by molar-refractivity contribution is 6.01. The van der Waals surface area contributed by atoms with E-state index in [1.54, 1.807) is 6.92 Å². The average Bonchev–Trinajstić information content (AvgIpc) is 2.49. The first kappa shape index (κ1) is 13.1. The quantitative estimate of drug-likeness (QED) is 0.615. The van der Waals surface area contributed by atoms with Gasteiger partial charge in [-0.05, 0) is 23.6 Å². The summed E-state index contributed by atoms with van der Waals surface area (Å²) in [5, 5.41) is 0. The second-order valence-corrected chi connectivity index (χ2v) is 4.22. The van der Waals surface area contributed by atoms with Crippen LogP contribution in [0.3, 0.4) is 0 Å². The van der Waals surface area contributed by atoms with E-state index in [1.807, 2.05) is 60.7 Å². The molecule has 0 aliphatic rings. The normalized spacial score (nSPS) is 9.79. The third kappa shape index (κ3) is 2.91. The predicted molar refractivity (Wildman–Crippen MR) is 76.6 cm³/mol. The van der Waals surface area contributed by atoms with Gasteiger partial charge in [-0.25, -0.2) is 4.79 Å². The van der Waals surface area contributed by atoms with Crippen LogP contribution in [0, 0.1) is 0 Å². The number of carbonyl (C=O) groups excluding carboxylic acids is 1. The Balaban J connectivity index is 2.62. The van der Waals surface area contributed by atoms with Gasteiger partial charge in [-0.15, -0.1) is 0 Å². The summed E-state index contributed by atoms with van der Waals surface area (Å²) >= 11 is 0. The lowest BCUT2D eigenvalue weighted by atomic mass is 9.94. The molecule has 0 atom stereocenters. The van der Waals surface area contributed by atoms with E-state index in [2.05, 4.69) is 0 Å². The first-order chi connectivity index (χ1) is 9.24. The predicted octanol–water partition coefficient (Wildman–Crippen LogP) is 3.68. The lowest BCUT2D eigenvalue weighted by Gasteiger charge is -2.12. The molecule has 96 valence electrons. The van der Waals surface area contributed by atoms with Gasteiger partial charge in [0.15, 0.2) is 0 Å². The van der Waals surface area contributed by atoms with Gasteiger partial charge in [-0.2, -0.15) is 0 Å². The third-order valence-electron chi connectivity index (χ3n) is 2.99. The summed E-state index contributed by atoms with van der Waals surface area (Å²) in [6, 6.07) is 19.7. The van der Waals surface area contributed by atoms with E-state index in [1.165, 1.54) is 7.11 Å². The molecule has 0 amide bonds. The van der Waals surface area contributed by atoms with E-state index in [-0.39, 0.29) is 5.97 Å². The SMILES string of the molecule is COC(=O)C(C)=C(c1ccccc1)c1ccccc1. The summed E-state index contributed by atoms with van der Waals surface area (Å²) in [7, 11) is 1.40. The van der Waals surface area contributed by atoms with E-state index < -0.39 is 0 Å². The summed E-state index contributed by atoms with van der Waals surface area (Å²) in [5.74, 6) is -0.303. The molecule has 0 saturated carbocycles. The molecular weight excluding hydrogens is 236 g/mol. The van der Waals surface area contributed by atoms with Gasteiger partial charge in [0.2, 0.25) is 0 Å². The van der Waals surface area contributed by atoms with Crippen LogP contribution in [0.4, 0.5) is 0 Å². The Labute approximate surface area is 113 Å². The second-order valence-electron chi connectivity index (χ2n) is 4.22. The molecule has 0 spiro atoms. The molecule has 0 N–H and O–H groups in total. The van der Waals surface area contributed by atoms with E-state index in [9.17, 15) is 4.79 Å². The van der Waals surface area contributed by atoms with Crippen LogP contribution >= 0.6 is 0 Å². The van der Waals surface area contributed by atoms with E-state index >= 15 is 0 Å². The smallest absolute Gasteiger partial charge is 0.334 e. The Kier molecular flexibility index (Phi) is 4.14. The zero-order chi connectivity index (χ0) is 13.7. The van der Waals surface area contributed by atoms with E-state index in [0.29, 0.717) is 5.57 Å². The molecule has 0 aliphatic heterocycles. The number of benzene rings is 2. The summed E-state index contributed by atoms with van der Waals surface area (Å²) in [6.45, 7) is 1.79. The first-order valence-electron chi connectivity index (χ1n) is 6.14. The van der Waals surface area contributed by atoms with Crippen molar-refractivity contribution >= 4 is 11.5 Å². The Morgan fingerprint density at radius 3 is 1.63 bits per heavy atom. The standard InChI is InChI=1S/C17H16O2/c1-13(17(18)19-2)16(14-9-5-3-6-10-14)15-11-7-4-8-12-15/h3-12H,1-2H3. The minimum Gasteiger partial charge on any atom is -0.466 e. The van der Waals surface area contributed by atoms with Crippen LogP contribution in [0.2, 0.25) is 0 Å². The highest BCUT2D eigenvalue weighted by Crippen LogP contribution is 2.27. The van der Waals surface area contributed by atoms with Gasteiger partial charge in [0.1, 0.15) is 0 Å². The lowest BCUT2D eigenvalue weighted by Crippen LogP contribution is -2.05. The number of methoxy groups -OCH3 is 1. The Morgan fingerprint density at radius 2 is 1.26 bits per heavy atom. The largest absolute Gasteiger partial charge is 0.466 e. The molecule has 0 aliphatic carbocycles. The number of esters is 1. The molecule has 2 aromatic rings. The first-order valence-corrected chi connectivity index (χ1v) is 6.14. The maximum absolute atomic E-state index is 11.8. The fraction of sp³-hybridized carbons (Fsp3) is 0.118. The fourth-order valence-electron chi connectivity index (χ4n) is 2.06. The van der Waals surface area contributed by atoms with Crippen molar-refractivity contribution < 1.29 is 9.53 Å². The van der Waals surface area contributed by atoms with E-state index in [4.69, 9.17) is 4.74 Å². The number of hydrogen-bond acceptors (Lipinski definition) is 2. The van der Waals surface area contributed by atoms with Crippen molar-refractivity contribution in [3.63, 3.8) is 0 Å². The molecule has 2 rings (SSSR count). The molecule has 2 heteroatoms. The van der Waals surface area contributed by atoms with Crippen LogP contribution in [0.25, 0.3) is 5.57 Å². The van der Waals surface area contributed by atoms with Crippen molar-refractivity contribution in [2.75, 3.05) is 7.11 Å². The maximum Gasteiger partial charge on any atom is 0.334 e. The maximum atomic E-state index is 11.8. The van der Waals surface area contributed by atoms with Crippen molar-refractivity contribution in [2.24, 2.45) is 0 Å². The Morgan fingerprint density at radius 1 is 0.842 bits per heavy atom. The molecule has 0 saturated heterocycles. The summed E-state index contributed by atoms with van der Waals surface area (Å²) in [5.41, 5.74) is 3.54. The Hall–Kier alpha value is -2.35. The van der Waals surface area contributed by atoms with Crippen LogP contribution in [0.5, 0.6) is 0 Å². The highest BCUT2D eigenvalue weighted by Gasteiger charge is 2.14. The molecular formula is C17H16O2. The van der Waals surface area contributed by atoms with Gasteiger partial charge in [-0.3, -0.25) is 0 Å². The third-order valence-corrected chi connectivity index (χ3v) is 2.99. The molecule has 0 heterocycles. The zero-order valence-electron chi connectivity index (χ0n) is 11.1. The number of ether oxygens (including phenoxy) is 1. The highest BCUT2D eigenvalue weighted by atomic mass is 16.5. The van der Waals surface area contributed by atoms with Gasteiger partial charge < -0.3 is 4.74 Å². The van der Waals surface area contributed by atoms with Gasteiger partial charge in [0.25, 0.3) is 0 Å². The molecule has 0 radical (unpaired) electrons. The summed E-state index contributed by atoms with van der Waals surface area (Å²) in [4.78, 5) is 11.8. The molecule has 0 aromatic heterocycles. The molecule has 0 bridgehead atoms. The monoisotopic (exact) mass is 252 g/mol. The van der Waals surface area contributed by atoms with Crippen molar-refractivity contribution in [2.45, 2.75) is 6.92 Å². The minimum absolute atomic E-state index is 0.303. The number of rotatable bonds is 3. The van der Waals surface area contributed by atoms with Crippen LogP contribution in [0.15, 0.2) is 66.2 Å². The lowest BCUT2D eigenvalue weighted by molar-refractivity contribution is -0.135. The molecule has 0 fully saturated rings. The average molecular weight is 252 g/mol. The van der Waals surface area contributed by atoms with Gasteiger partial charge in [0.05, 0.1) is 7.11 Å². The fourth-order valence-corrected chi connectivity index (χ4v) is 2.06. The molecule has 0 unspecified atom stereocenters. The van der Waals surface area contributed by atoms with Crippen LogP contribution in [-0.2, 0) is 9.53 Å². The summed E-state index contributed by atoms with van der Waals surface area (Å²) < 4.78 is 4.84. The summed E-state index contributed by atoms with van der Waals surface area (Å²) in [6.07, 6.45) is 0. The van der Waals surface area contributed by atoms with Crippen LogP contribution < -0.4 is 0 Å². The van der Waals surface area contributed by atoms with Crippen LogP contribution in [-0.4, -0.2) is 13.1 Å². The van der Waals surface area contributed by atoms with Crippen molar-refractivity contribution in [1.29, 1.82) is 0 Å². The molecule has 2 nitrogen and oxygen atoms in total. The van der Waals surface area contributed by atoms with Gasteiger partial charge in [0, 0.05) is 5.57 Å². The number of hydrogen-bond donors (Lipinski definition) is 0. The van der Waals surface area contributed by atoms with Crippen molar-refractivity contribution in [1.82, 2.24) is 0 Å². The number of carbonyl (C=O) groups is 1.